The zero-order valence-electron chi connectivity index (χ0n) is 16.2. The summed E-state index contributed by atoms with van der Waals surface area (Å²) >= 11 is 11.4. The molecule has 0 bridgehead atoms. The van der Waals surface area contributed by atoms with Crippen molar-refractivity contribution in [3.63, 3.8) is 0 Å². The molecule has 2 aromatic carbocycles. The maximum Gasteiger partial charge on any atom is 0.217 e. The summed E-state index contributed by atoms with van der Waals surface area (Å²) in [6.45, 7) is 9.10. The second kappa shape index (κ2) is 8.07. The molecule has 1 saturated heterocycles. The van der Waals surface area contributed by atoms with Crippen LogP contribution in [0.15, 0.2) is 42.5 Å². The van der Waals surface area contributed by atoms with Gasteiger partial charge in [0.15, 0.2) is 5.82 Å². The molecular weight excluding hydrogens is 390 g/mol. The highest BCUT2D eigenvalue weighted by Crippen LogP contribution is 2.24. The second-order valence-electron chi connectivity index (χ2n) is 7.26. The molecule has 7 heteroatoms. The van der Waals surface area contributed by atoms with Crippen LogP contribution in [0.3, 0.4) is 0 Å². The first-order valence-corrected chi connectivity index (χ1v) is 10.3. The van der Waals surface area contributed by atoms with E-state index in [-0.39, 0.29) is 0 Å². The molecule has 4 rings (SSSR count). The van der Waals surface area contributed by atoms with Crippen LogP contribution < -0.4 is 4.90 Å². The van der Waals surface area contributed by atoms with Gasteiger partial charge in [0.2, 0.25) is 4.77 Å². The van der Waals surface area contributed by atoms with Crippen molar-refractivity contribution in [2.24, 2.45) is 0 Å². The van der Waals surface area contributed by atoms with Crippen LogP contribution in [0.25, 0.3) is 11.4 Å². The Morgan fingerprint density at radius 1 is 1.04 bits per heavy atom. The van der Waals surface area contributed by atoms with Gasteiger partial charge in [0.1, 0.15) is 0 Å². The summed E-state index contributed by atoms with van der Waals surface area (Å²) in [6, 6.07) is 14.2. The highest BCUT2D eigenvalue weighted by Gasteiger charge is 2.19. The normalized spacial score (nSPS) is 15.2. The van der Waals surface area contributed by atoms with E-state index in [1.165, 1.54) is 16.8 Å². The summed E-state index contributed by atoms with van der Waals surface area (Å²) in [7, 11) is 0. The molecule has 0 spiro atoms. The number of aromatic amines is 1. The van der Waals surface area contributed by atoms with E-state index in [0.717, 1.165) is 44.2 Å². The van der Waals surface area contributed by atoms with Crippen molar-refractivity contribution >= 4 is 29.5 Å². The first-order chi connectivity index (χ1) is 13.5. The van der Waals surface area contributed by atoms with Crippen molar-refractivity contribution in [1.82, 2.24) is 19.7 Å². The predicted octanol–water partition coefficient (Wildman–Crippen LogP) is 4.66. The fourth-order valence-corrected chi connectivity index (χ4v) is 3.92. The zero-order chi connectivity index (χ0) is 19.7. The maximum atomic E-state index is 5.97. The lowest BCUT2D eigenvalue weighted by molar-refractivity contribution is 0.194. The molecule has 1 N–H and O–H groups in total. The van der Waals surface area contributed by atoms with Gasteiger partial charge in [-0.15, -0.1) is 0 Å². The predicted molar refractivity (Wildman–Crippen MR) is 118 cm³/mol. The van der Waals surface area contributed by atoms with Gasteiger partial charge in [-0.05, 0) is 67.5 Å². The fraction of sp³-hybridized carbons (Fsp3) is 0.333. The Labute approximate surface area is 175 Å². The van der Waals surface area contributed by atoms with Crippen molar-refractivity contribution in [2.75, 3.05) is 31.1 Å². The van der Waals surface area contributed by atoms with Crippen LogP contribution in [0.4, 0.5) is 5.69 Å². The molecule has 28 heavy (non-hydrogen) atoms. The summed E-state index contributed by atoms with van der Waals surface area (Å²) in [5.74, 6) is 0.774. The van der Waals surface area contributed by atoms with E-state index in [0.29, 0.717) is 9.79 Å². The number of hydrogen-bond acceptors (Lipinski definition) is 4. The summed E-state index contributed by atoms with van der Waals surface area (Å²) < 4.78 is 2.51. The van der Waals surface area contributed by atoms with Crippen molar-refractivity contribution in [3.8, 4) is 11.4 Å². The molecule has 0 aliphatic carbocycles. The van der Waals surface area contributed by atoms with Crippen molar-refractivity contribution in [2.45, 2.75) is 20.5 Å². The molecule has 3 aromatic rings. The average molecular weight is 414 g/mol. The summed E-state index contributed by atoms with van der Waals surface area (Å²) in [5.41, 5.74) is 5.05. The molecule has 0 amide bonds. The molecule has 1 aliphatic rings. The third-order valence-electron chi connectivity index (χ3n) is 5.43. The van der Waals surface area contributed by atoms with E-state index in [1.807, 2.05) is 28.9 Å². The lowest BCUT2D eigenvalue weighted by atomic mass is 10.1. The molecule has 1 aliphatic heterocycles. The van der Waals surface area contributed by atoms with Crippen LogP contribution in [-0.2, 0) is 6.67 Å². The van der Waals surface area contributed by atoms with Crippen molar-refractivity contribution in [3.05, 3.63) is 63.4 Å². The van der Waals surface area contributed by atoms with Gasteiger partial charge >= 0.3 is 0 Å². The molecule has 0 unspecified atom stereocenters. The van der Waals surface area contributed by atoms with E-state index < -0.39 is 0 Å². The largest absolute Gasteiger partial charge is 0.369 e. The monoisotopic (exact) mass is 413 g/mol. The Kier molecular flexibility index (Phi) is 5.53. The first kappa shape index (κ1) is 19.2. The average Bonchev–Trinajstić information content (AvgIpc) is 3.06. The first-order valence-electron chi connectivity index (χ1n) is 9.47. The summed E-state index contributed by atoms with van der Waals surface area (Å²) in [6.07, 6.45) is 0. The van der Waals surface area contributed by atoms with Crippen LogP contribution in [0.1, 0.15) is 11.1 Å². The molecular formula is C21H24ClN5S. The number of aryl methyl sites for hydroxylation is 1. The van der Waals surface area contributed by atoms with Gasteiger partial charge in [0.25, 0.3) is 0 Å². The minimum atomic E-state index is 0.571. The number of benzene rings is 2. The van der Waals surface area contributed by atoms with Crippen LogP contribution in [0.5, 0.6) is 0 Å². The Bertz CT molecular complexity index is 1020. The number of nitrogens with one attached hydrogen (secondary N) is 1. The van der Waals surface area contributed by atoms with Gasteiger partial charge in [-0.1, -0.05) is 23.7 Å². The number of piperazine rings is 1. The number of anilines is 1. The molecule has 146 valence electrons. The topological polar surface area (TPSA) is 40.1 Å². The van der Waals surface area contributed by atoms with E-state index in [9.17, 15) is 0 Å². The number of aromatic nitrogens is 3. The SMILES string of the molecule is Cc1cccc(N2CCN(Cn3[nH]c(-c4ccc(Cl)cc4)nc3=S)CC2)c1C. The summed E-state index contributed by atoms with van der Waals surface area (Å²) in [4.78, 5) is 9.38. The lowest BCUT2D eigenvalue weighted by Gasteiger charge is -2.36. The third kappa shape index (κ3) is 3.99. The Morgan fingerprint density at radius 2 is 1.75 bits per heavy atom. The number of H-pyrrole nitrogens is 1. The van der Waals surface area contributed by atoms with Gasteiger partial charge < -0.3 is 4.90 Å². The van der Waals surface area contributed by atoms with Gasteiger partial charge in [0, 0.05) is 42.5 Å². The Morgan fingerprint density at radius 3 is 2.46 bits per heavy atom. The summed E-state index contributed by atoms with van der Waals surface area (Å²) in [5, 5.41) is 4.04. The van der Waals surface area contributed by atoms with Gasteiger partial charge in [0.05, 0.1) is 6.67 Å². The second-order valence-corrected chi connectivity index (χ2v) is 8.06. The number of halogens is 1. The molecule has 0 radical (unpaired) electrons. The van der Waals surface area contributed by atoms with E-state index in [2.05, 4.69) is 51.9 Å². The molecule has 2 heterocycles. The van der Waals surface area contributed by atoms with Gasteiger partial charge in [-0.3, -0.25) is 10.00 Å². The maximum absolute atomic E-state index is 5.97. The number of hydrogen-bond donors (Lipinski definition) is 1. The lowest BCUT2D eigenvalue weighted by Crippen LogP contribution is -2.47. The highest BCUT2D eigenvalue weighted by atomic mass is 35.5. The fourth-order valence-electron chi connectivity index (χ4n) is 3.60. The zero-order valence-corrected chi connectivity index (χ0v) is 17.7. The Balaban J connectivity index is 1.42. The smallest absolute Gasteiger partial charge is 0.217 e. The van der Waals surface area contributed by atoms with Crippen LogP contribution in [0, 0.1) is 18.6 Å². The molecule has 5 nitrogen and oxygen atoms in total. The van der Waals surface area contributed by atoms with Crippen LogP contribution in [-0.4, -0.2) is 45.8 Å². The number of rotatable bonds is 4. The van der Waals surface area contributed by atoms with Gasteiger partial charge in [-0.2, -0.15) is 4.98 Å². The van der Waals surface area contributed by atoms with Crippen molar-refractivity contribution < 1.29 is 0 Å². The third-order valence-corrected chi connectivity index (χ3v) is 5.99. The standard InChI is InChI=1S/C21H24ClN5S/c1-15-4-3-5-19(16(15)2)26-12-10-25(11-13-26)14-27-21(28)23-20(24-27)17-6-8-18(22)9-7-17/h3-9H,10-14H2,1-2H3,(H,23,24,28). The number of nitrogens with zero attached hydrogens (tertiary/aromatic N) is 4. The van der Waals surface area contributed by atoms with E-state index in [4.69, 9.17) is 23.8 Å². The van der Waals surface area contributed by atoms with Crippen LogP contribution >= 0.6 is 23.8 Å². The van der Waals surface area contributed by atoms with Gasteiger partial charge in [-0.25, -0.2) is 4.68 Å². The quantitative estimate of drug-likeness (QED) is 0.631. The van der Waals surface area contributed by atoms with E-state index in [1.54, 1.807) is 0 Å². The molecule has 0 saturated carbocycles. The molecule has 1 aromatic heterocycles. The minimum Gasteiger partial charge on any atom is -0.369 e. The Hall–Kier alpha value is -2.15. The minimum absolute atomic E-state index is 0.571. The van der Waals surface area contributed by atoms with Crippen LogP contribution in [0.2, 0.25) is 5.02 Å². The molecule has 0 atom stereocenters. The highest BCUT2D eigenvalue weighted by molar-refractivity contribution is 7.71. The molecule has 1 fully saturated rings. The van der Waals surface area contributed by atoms with E-state index >= 15 is 0 Å². The van der Waals surface area contributed by atoms with Crippen molar-refractivity contribution in [1.29, 1.82) is 0 Å².